The number of ketones is 1. The van der Waals surface area contributed by atoms with Gasteiger partial charge in [0, 0.05) is 24.1 Å². The van der Waals surface area contributed by atoms with E-state index in [1.165, 1.54) is 0 Å². The van der Waals surface area contributed by atoms with Crippen molar-refractivity contribution in [2.45, 2.75) is 64.8 Å². The highest BCUT2D eigenvalue weighted by atomic mass is 16.7. The Bertz CT molecular complexity index is 878. The normalized spacial score (nSPS) is 16.3. The van der Waals surface area contributed by atoms with Gasteiger partial charge in [0.15, 0.2) is 12.1 Å². The van der Waals surface area contributed by atoms with Gasteiger partial charge in [0.25, 0.3) is 0 Å². The number of aryl methyl sites for hydroxylation is 1. The molecule has 1 fully saturated rings. The van der Waals surface area contributed by atoms with Crippen molar-refractivity contribution in [1.29, 1.82) is 0 Å². The number of alkyl carbamates (subject to hydrolysis) is 1. The summed E-state index contributed by atoms with van der Waals surface area (Å²) in [6.45, 7) is 6.78. The fourth-order valence-electron chi connectivity index (χ4n) is 3.43. The second-order valence-electron chi connectivity index (χ2n) is 9.00. The minimum Gasteiger partial charge on any atom is -0.465 e. The van der Waals surface area contributed by atoms with Crippen molar-refractivity contribution in [3.8, 4) is 5.75 Å². The van der Waals surface area contributed by atoms with Crippen LogP contribution >= 0.6 is 0 Å². The zero-order valence-electron chi connectivity index (χ0n) is 19.2. The summed E-state index contributed by atoms with van der Waals surface area (Å²) >= 11 is 0. The Morgan fingerprint density at radius 3 is 2.25 bits per heavy atom. The Morgan fingerprint density at radius 1 is 1.00 bits per heavy atom. The van der Waals surface area contributed by atoms with E-state index in [0.29, 0.717) is 23.4 Å². The van der Waals surface area contributed by atoms with Gasteiger partial charge < -0.3 is 19.5 Å². The van der Waals surface area contributed by atoms with Crippen LogP contribution in [0, 0.1) is 0 Å². The lowest BCUT2D eigenvalue weighted by Gasteiger charge is -2.23. The van der Waals surface area contributed by atoms with E-state index in [1.54, 1.807) is 12.1 Å². The molecule has 0 aliphatic carbocycles. The van der Waals surface area contributed by atoms with Crippen LogP contribution in [0.25, 0.3) is 0 Å². The molecule has 1 unspecified atom stereocenters. The maximum absolute atomic E-state index is 12.8. The Balaban J connectivity index is 1.45. The molecular formula is C26H33NO5. The van der Waals surface area contributed by atoms with Crippen molar-refractivity contribution in [3.63, 3.8) is 0 Å². The number of carbonyl (C=O) groups excluding carboxylic acids is 2. The van der Waals surface area contributed by atoms with E-state index in [2.05, 4.69) is 5.32 Å². The Hall–Kier alpha value is -2.86. The zero-order chi connectivity index (χ0) is 23.0. The minimum absolute atomic E-state index is 0.0244. The lowest BCUT2D eigenvalue weighted by molar-refractivity contribution is -0.105. The molecule has 1 aliphatic heterocycles. The van der Waals surface area contributed by atoms with E-state index in [-0.39, 0.29) is 12.1 Å². The molecule has 6 heteroatoms. The largest absolute Gasteiger partial charge is 0.465 e. The van der Waals surface area contributed by atoms with Crippen LogP contribution in [0.15, 0.2) is 48.5 Å². The molecule has 1 saturated heterocycles. The first-order chi connectivity index (χ1) is 15.3. The van der Waals surface area contributed by atoms with Gasteiger partial charge in [0.05, 0.1) is 6.61 Å². The average molecular weight is 440 g/mol. The number of nitrogens with one attached hydrogen (secondary N) is 1. The molecular weight excluding hydrogens is 406 g/mol. The monoisotopic (exact) mass is 439 g/mol. The summed E-state index contributed by atoms with van der Waals surface area (Å²) in [6, 6.07) is 14.8. The summed E-state index contributed by atoms with van der Waals surface area (Å²) in [5.74, 6) is 0.687. The van der Waals surface area contributed by atoms with Gasteiger partial charge in [0.2, 0.25) is 0 Å². The maximum Gasteiger partial charge on any atom is 0.407 e. The van der Waals surface area contributed by atoms with E-state index in [1.807, 2.05) is 57.2 Å². The van der Waals surface area contributed by atoms with Gasteiger partial charge in [-0.25, -0.2) is 4.79 Å². The van der Waals surface area contributed by atoms with Crippen molar-refractivity contribution in [1.82, 2.24) is 5.32 Å². The summed E-state index contributed by atoms with van der Waals surface area (Å²) < 4.78 is 16.6. The molecule has 0 aromatic heterocycles. The van der Waals surface area contributed by atoms with Crippen LogP contribution < -0.4 is 10.1 Å². The van der Waals surface area contributed by atoms with Gasteiger partial charge in [-0.2, -0.15) is 0 Å². The Morgan fingerprint density at radius 2 is 1.66 bits per heavy atom. The molecule has 0 radical (unpaired) electrons. The lowest BCUT2D eigenvalue weighted by atomic mass is 10.0. The first-order valence-electron chi connectivity index (χ1n) is 11.3. The van der Waals surface area contributed by atoms with Gasteiger partial charge >= 0.3 is 6.09 Å². The Labute approximate surface area is 190 Å². The molecule has 2 aromatic carbocycles. The van der Waals surface area contributed by atoms with Crippen LogP contribution in [0.1, 0.15) is 67.9 Å². The molecule has 2 aromatic rings. The quantitative estimate of drug-likeness (QED) is 0.447. The van der Waals surface area contributed by atoms with Crippen molar-refractivity contribution in [2.75, 3.05) is 13.2 Å². The average Bonchev–Trinajstić information content (AvgIpc) is 2.77. The van der Waals surface area contributed by atoms with E-state index in [9.17, 15) is 9.59 Å². The number of ether oxygens (including phenoxy) is 3. The number of carbonyl (C=O) groups is 2. The van der Waals surface area contributed by atoms with Crippen molar-refractivity contribution in [3.05, 3.63) is 65.2 Å². The molecule has 0 bridgehead atoms. The smallest absolute Gasteiger partial charge is 0.407 e. The second-order valence-corrected chi connectivity index (χ2v) is 9.00. The van der Waals surface area contributed by atoms with Crippen LogP contribution in [0.3, 0.4) is 0 Å². The second kappa shape index (κ2) is 11.1. The van der Waals surface area contributed by atoms with Gasteiger partial charge in [0.1, 0.15) is 11.4 Å². The number of hydrogen-bond acceptors (Lipinski definition) is 5. The molecule has 1 N–H and O–H groups in total. The fraction of sp³-hybridized carbons (Fsp3) is 0.462. The SMILES string of the molecule is CC(C)(C)OC(=O)NCCCc1ccc(C(=O)c2ccc(OC3CCCCO3)cc2)cc1. The molecule has 172 valence electrons. The third kappa shape index (κ3) is 7.68. The van der Waals surface area contributed by atoms with Gasteiger partial charge in [-0.1, -0.05) is 24.3 Å². The molecule has 32 heavy (non-hydrogen) atoms. The van der Waals surface area contributed by atoms with Crippen LogP contribution in [0.4, 0.5) is 4.79 Å². The topological polar surface area (TPSA) is 73.9 Å². The van der Waals surface area contributed by atoms with Crippen LogP contribution in [0.5, 0.6) is 5.75 Å². The first kappa shape index (κ1) is 23.8. The van der Waals surface area contributed by atoms with Gasteiger partial charge in [-0.05, 0) is 76.3 Å². The molecule has 1 aliphatic rings. The predicted octanol–water partition coefficient (Wildman–Crippen LogP) is 5.28. The predicted molar refractivity (Wildman–Crippen MR) is 123 cm³/mol. The lowest BCUT2D eigenvalue weighted by Crippen LogP contribution is -2.33. The summed E-state index contributed by atoms with van der Waals surface area (Å²) in [5, 5.41) is 2.76. The van der Waals surface area contributed by atoms with E-state index in [4.69, 9.17) is 14.2 Å². The Kier molecular flexibility index (Phi) is 8.28. The number of amides is 1. The molecule has 3 rings (SSSR count). The molecule has 6 nitrogen and oxygen atoms in total. The molecule has 1 atom stereocenters. The van der Waals surface area contributed by atoms with Crippen molar-refractivity contribution in [2.24, 2.45) is 0 Å². The molecule has 0 spiro atoms. The highest BCUT2D eigenvalue weighted by Crippen LogP contribution is 2.21. The highest BCUT2D eigenvalue weighted by Gasteiger charge is 2.16. The van der Waals surface area contributed by atoms with E-state index >= 15 is 0 Å². The van der Waals surface area contributed by atoms with E-state index < -0.39 is 11.7 Å². The minimum atomic E-state index is -0.496. The summed E-state index contributed by atoms with van der Waals surface area (Å²) in [5.41, 5.74) is 1.88. The number of rotatable bonds is 8. The van der Waals surface area contributed by atoms with E-state index in [0.717, 1.165) is 44.3 Å². The van der Waals surface area contributed by atoms with Gasteiger partial charge in [-0.3, -0.25) is 4.79 Å². The number of hydrogen-bond donors (Lipinski definition) is 1. The summed E-state index contributed by atoms with van der Waals surface area (Å²) in [7, 11) is 0. The van der Waals surface area contributed by atoms with Crippen molar-refractivity contribution >= 4 is 11.9 Å². The fourth-order valence-corrected chi connectivity index (χ4v) is 3.43. The summed E-state index contributed by atoms with van der Waals surface area (Å²) in [4.78, 5) is 24.4. The highest BCUT2D eigenvalue weighted by molar-refractivity contribution is 6.09. The summed E-state index contributed by atoms with van der Waals surface area (Å²) in [6.07, 6.45) is 4.08. The number of benzene rings is 2. The standard InChI is InChI=1S/C26H33NO5/c1-26(2,3)32-25(29)27-17-6-7-19-9-11-20(12-10-19)24(28)21-13-15-22(16-14-21)31-23-8-4-5-18-30-23/h9-16,23H,4-8,17-18H2,1-3H3,(H,27,29). The van der Waals surface area contributed by atoms with Gasteiger partial charge in [-0.15, -0.1) is 0 Å². The third-order valence-electron chi connectivity index (χ3n) is 5.05. The molecule has 1 heterocycles. The maximum atomic E-state index is 12.8. The third-order valence-corrected chi connectivity index (χ3v) is 5.05. The first-order valence-corrected chi connectivity index (χ1v) is 11.3. The van der Waals surface area contributed by atoms with Crippen molar-refractivity contribution < 1.29 is 23.8 Å². The van der Waals surface area contributed by atoms with Crippen LogP contribution in [-0.4, -0.2) is 36.9 Å². The molecule has 1 amide bonds. The zero-order valence-corrected chi connectivity index (χ0v) is 19.2. The molecule has 0 saturated carbocycles. The van der Waals surface area contributed by atoms with Crippen LogP contribution in [0.2, 0.25) is 0 Å². The van der Waals surface area contributed by atoms with Crippen LogP contribution in [-0.2, 0) is 15.9 Å².